The number of alkyl halides is 8. The van der Waals surface area contributed by atoms with Crippen LogP contribution in [0.4, 0.5) is 46.5 Å². The Balaban J connectivity index is 3.14. The van der Waals surface area contributed by atoms with E-state index < -0.39 is 57.8 Å². The number of benzene rings is 1. The molecule has 1 rings (SSSR count). The Hall–Kier alpha value is -2.74. The van der Waals surface area contributed by atoms with Crippen molar-refractivity contribution in [2.75, 3.05) is 6.61 Å². The average molecular weight is 398 g/mol. The molecule has 0 aliphatic rings. The second kappa shape index (κ2) is 6.87. The highest BCUT2D eigenvalue weighted by atomic mass is 19.4. The lowest BCUT2D eigenvalue weighted by Crippen LogP contribution is -2.59. The highest BCUT2D eigenvalue weighted by Gasteiger charge is 2.75. The molecule has 0 unspecified atom stereocenters. The molecule has 0 N–H and O–H groups in total. The molecule has 7 nitrogen and oxygen atoms in total. The van der Waals surface area contributed by atoms with Crippen molar-refractivity contribution in [1.29, 1.82) is 0 Å². The Kier molecular flexibility index (Phi) is 5.63. The molecule has 15 heteroatoms. The SMILES string of the molecule is O=[N+]([O-])c1cc(OCC(F)(F)C(F)(F)C(F)(F)C(F)F)cc([N+](=O)[O-])c1. The lowest BCUT2D eigenvalue weighted by molar-refractivity contribution is -0.394. The number of hydrogen-bond acceptors (Lipinski definition) is 5. The van der Waals surface area contributed by atoms with E-state index in [1.807, 2.05) is 0 Å². The van der Waals surface area contributed by atoms with Crippen LogP contribution < -0.4 is 4.74 Å². The zero-order valence-corrected chi connectivity index (χ0v) is 12.0. The summed E-state index contributed by atoms with van der Waals surface area (Å²) in [5, 5.41) is 21.1. The number of ether oxygens (including phenoxy) is 1. The molecule has 0 aliphatic carbocycles. The van der Waals surface area contributed by atoms with E-state index in [-0.39, 0.29) is 0 Å². The van der Waals surface area contributed by atoms with Gasteiger partial charge in [0.15, 0.2) is 6.61 Å². The molecule has 0 atom stereocenters. The largest absolute Gasteiger partial charge is 0.487 e. The molecular weight excluding hydrogens is 392 g/mol. The number of non-ortho nitro benzene ring substituents is 2. The van der Waals surface area contributed by atoms with Crippen molar-refractivity contribution in [2.45, 2.75) is 24.2 Å². The fourth-order valence-electron chi connectivity index (χ4n) is 1.51. The van der Waals surface area contributed by atoms with E-state index in [2.05, 4.69) is 4.74 Å². The molecule has 0 saturated carbocycles. The summed E-state index contributed by atoms with van der Waals surface area (Å²) >= 11 is 0. The van der Waals surface area contributed by atoms with Gasteiger partial charge in [0.1, 0.15) is 5.75 Å². The first-order valence-corrected chi connectivity index (χ1v) is 6.11. The van der Waals surface area contributed by atoms with E-state index in [0.29, 0.717) is 18.2 Å². The maximum Gasteiger partial charge on any atom is 0.381 e. The zero-order valence-electron chi connectivity index (χ0n) is 12.0. The van der Waals surface area contributed by atoms with Crippen LogP contribution in [0.3, 0.4) is 0 Å². The lowest BCUT2D eigenvalue weighted by atomic mass is 10.1. The van der Waals surface area contributed by atoms with Gasteiger partial charge in [-0.15, -0.1) is 0 Å². The van der Waals surface area contributed by atoms with Gasteiger partial charge >= 0.3 is 24.2 Å². The first-order valence-electron chi connectivity index (χ1n) is 6.11. The summed E-state index contributed by atoms with van der Waals surface area (Å²) < 4.78 is 106. The Morgan fingerprint density at radius 1 is 0.923 bits per heavy atom. The van der Waals surface area contributed by atoms with Crippen LogP contribution in [-0.2, 0) is 0 Å². The summed E-state index contributed by atoms with van der Waals surface area (Å²) in [7, 11) is 0. The van der Waals surface area contributed by atoms with Crippen LogP contribution >= 0.6 is 0 Å². The molecule has 0 aromatic heterocycles. The number of hydrogen-bond donors (Lipinski definition) is 0. The molecule has 146 valence electrons. The van der Waals surface area contributed by atoms with Gasteiger partial charge < -0.3 is 4.74 Å². The van der Waals surface area contributed by atoms with Gasteiger partial charge in [0.25, 0.3) is 11.4 Å². The maximum atomic E-state index is 13.3. The van der Waals surface area contributed by atoms with Crippen molar-refractivity contribution in [3.05, 3.63) is 38.4 Å². The summed E-state index contributed by atoms with van der Waals surface area (Å²) in [6.07, 6.45) is -5.12. The van der Waals surface area contributed by atoms with Crippen LogP contribution in [-0.4, -0.2) is 40.6 Å². The molecule has 0 saturated heterocycles. The molecule has 0 amide bonds. The van der Waals surface area contributed by atoms with Gasteiger partial charge in [-0.3, -0.25) is 20.2 Å². The minimum Gasteiger partial charge on any atom is -0.487 e. The second-order valence-corrected chi connectivity index (χ2v) is 4.69. The quantitative estimate of drug-likeness (QED) is 0.374. The number of rotatable bonds is 8. The van der Waals surface area contributed by atoms with Crippen LogP contribution in [0.5, 0.6) is 5.75 Å². The van der Waals surface area contributed by atoms with Crippen molar-refractivity contribution in [3.63, 3.8) is 0 Å². The van der Waals surface area contributed by atoms with Crippen LogP contribution in [0, 0.1) is 20.2 Å². The standard InChI is InChI=1S/C11H6F8N2O5/c12-8(13)10(16,17)11(18,19)9(14,15)4-26-7-2-5(20(22)23)1-6(3-7)21(24)25/h1-3,8H,4H2. The van der Waals surface area contributed by atoms with Crippen molar-refractivity contribution in [1.82, 2.24) is 0 Å². The summed E-state index contributed by atoms with van der Waals surface area (Å²) in [6.45, 7) is -2.61. The fraction of sp³-hybridized carbons (Fsp3) is 0.455. The summed E-state index contributed by atoms with van der Waals surface area (Å²) in [5.41, 5.74) is -2.11. The predicted octanol–water partition coefficient (Wildman–Crippen LogP) is 4.05. The average Bonchev–Trinajstić information content (AvgIpc) is 2.52. The van der Waals surface area contributed by atoms with E-state index in [1.54, 1.807) is 0 Å². The normalized spacial score (nSPS) is 13.0. The molecule has 0 heterocycles. The highest BCUT2D eigenvalue weighted by Crippen LogP contribution is 2.48. The molecule has 0 fully saturated rings. The van der Waals surface area contributed by atoms with Crippen LogP contribution in [0.1, 0.15) is 0 Å². The minimum atomic E-state index is -6.54. The Bertz CT molecular complexity index is 680. The fourth-order valence-corrected chi connectivity index (χ4v) is 1.51. The third-order valence-electron chi connectivity index (χ3n) is 2.87. The monoisotopic (exact) mass is 398 g/mol. The molecule has 26 heavy (non-hydrogen) atoms. The van der Waals surface area contributed by atoms with Crippen molar-refractivity contribution in [2.24, 2.45) is 0 Å². The third-order valence-corrected chi connectivity index (χ3v) is 2.87. The molecule has 0 bridgehead atoms. The summed E-state index contributed by atoms with van der Waals surface area (Å²) in [4.78, 5) is 18.7. The first-order chi connectivity index (χ1) is 11.6. The van der Waals surface area contributed by atoms with Crippen molar-refractivity contribution < 1.29 is 49.7 Å². The van der Waals surface area contributed by atoms with Crippen molar-refractivity contribution in [3.8, 4) is 5.75 Å². The van der Waals surface area contributed by atoms with E-state index >= 15 is 0 Å². The topological polar surface area (TPSA) is 95.5 Å². The van der Waals surface area contributed by atoms with Crippen molar-refractivity contribution >= 4 is 11.4 Å². The molecule has 0 spiro atoms. The third kappa shape index (κ3) is 3.91. The number of nitro groups is 2. The highest BCUT2D eigenvalue weighted by molar-refractivity contribution is 5.49. The zero-order chi connectivity index (χ0) is 20.5. The van der Waals surface area contributed by atoms with Crippen LogP contribution in [0.15, 0.2) is 18.2 Å². The van der Waals surface area contributed by atoms with Crippen LogP contribution in [0.25, 0.3) is 0 Å². The van der Waals surface area contributed by atoms with Gasteiger partial charge in [-0.2, -0.15) is 26.3 Å². The molecular formula is C11H6F8N2O5. The minimum absolute atomic E-state index is 0.312. The molecule has 0 aliphatic heterocycles. The van der Waals surface area contributed by atoms with Gasteiger partial charge in [0, 0.05) is 0 Å². The van der Waals surface area contributed by atoms with Crippen LogP contribution in [0.2, 0.25) is 0 Å². The van der Waals surface area contributed by atoms with Gasteiger partial charge in [0.05, 0.1) is 28.0 Å². The summed E-state index contributed by atoms with van der Waals surface area (Å²) in [6, 6.07) is 1.00. The molecule has 1 aromatic rings. The lowest BCUT2D eigenvalue weighted by Gasteiger charge is -2.31. The maximum absolute atomic E-state index is 13.3. The van der Waals surface area contributed by atoms with Gasteiger partial charge in [-0.05, 0) is 0 Å². The van der Waals surface area contributed by atoms with E-state index in [4.69, 9.17) is 0 Å². The smallest absolute Gasteiger partial charge is 0.381 e. The predicted molar refractivity (Wildman–Crippen MR) is 66.1 cm³/mol. The van der Waals surface area contributed by atoms with Gasteiger partial charge in [0.2, 0.25) is 0 Å². The van der Waals surface area contributed by atoms with E-state index in [1.165, 1.54) is 0 Å². The number of halogens is 8. The van der Waals surface area contributed by atoms with Gasteiger partial charge in [-0.25, -0.2) is 8.78 Å². The molecule has 0 radical (unpaired) electrons. The second-order valence-electron chi connectivity index (χ2n) is 4.69. The Labute approximate surface area is 137 Å². The van der Waals surface area contributed by atoms with E-state index in [0.717, 1.165) is 0 Å². The number of nitro benzene ring substituents is 2. The van der Waals surface area contributed by atoms with Gasteiger partial charge in [-0.1, -0.05) is 0 Å². The van der Waals surface area contributed by atoms with E-state index in [9.17, 15) is 55.4 Å². The Morgan fingerprint density at radius 3 is 1.69 bits per heavy atom. The number of nitrogens with zero attached hydrogens (tertiary/aromatic N) is 2. The Morgan fingerprint density at radius 2 is 1.35 bits per heavy atom. The summed E-state index contributed by atoms with van der Waals surface area (Å²) in [5.74, 6) is -19.9. The first kappa shape index (κ1) is 21.3. The molecule has 1 aromatic carbocycles.